The molecule has 4 rings (SSSR count). The summed E-state index contributed by atoms with van der Waals surface area (Å²) in [5.41, 5.74) is 2.06. The Morgan fingerprint density at radius 2 is 1.81 bits per heavy atom. The molecule has 1 aromatic heterocycles. The highest BCUT2D eigenvalue weighted by molar-refractivity contribution is 5.94. The van der Waals surface area contributed by atoms with E-state index in [9.17, 15) is 0 Å². The van der Waals surface area contributed by atoms with Gasteiger partial charge in [-0.3, -0.25) is 4.90 Å². The SMILES string of the molecule is COCc1nnc(NC2CCN(Cc3cccc(OCCCO)c3)CC2)c2cc(OC)ccc12.Cl.Cl. The largest absolute Gasteiger partial charge is 0.497 e. The average Bonchev–Trinajstić information content (AvgIpc) is 2.87. The van der Waals surface area contributed by atoms with Crippen LogP contribution in [0.15, 0.2) is 42.5 Å². The second-order valence-corrected chi connectivity index (χ2v) is 8.61. The van der Waals surface area contributed by atoms with Crippen molar-refractivity contribution in [3.63, 3.8) is 0 Å². The van der Waals surface area contributed by atoms with Crippen molar-refractivity contribution in [2.45, 2.75) is 38.5 Å². The van der Waals surface area contributed by atoms with Crippen LogP contribution in [0, 0.1) is 0 Å². The lowest BCUT2D eigenvalue weighted by Crippen LogP contribution is -2.38. The first kappa shape index (κ1) is 29.9. The average molecular weight is 540 g/mol. The van der Waals surface area contributed by atoms with Gasteiger partial charge in [-0.05, 0) is 48.7 Å². The maximum Gasteiger partial charge on any atom is 0.156 e. The van der Waals surface area contributed by atoms with Crippen LogP contribution in [0.5, 0.6) is 11.5 Å². The maximum atomic E-state index is 8.93. The Hall–Kier alpha value is -2.36. The number of methoxy groups -OCH3 is 2. The van der Waals surface area contributed by atoms with E-state index >= 15 is 0 Å². The molecule has 0 aliphatic carbocycles. The van der Waals surface area contributed by atoms with Gasteiger partial charge in [0, 0.05) is 56.6 Å². The molecule has 0 atom stereocenters. The molecular weight excluding hydrogens is 503 g/mol. The van der Waals surface area contributed by atoms with E-state index in [0.29, 0.717) is 25.7 Å². The van der Waals surface area contributed by atoms with Crippen LogP contribution in [0.25, 0.3) is 10.8 Å². The van der Waals surface area contributed by atoms with Crippen LogP contribution < -0.4 is 14.8 Å². The summed E-state index contributed by atoms with van der Waals surface area (Å²) >= 11 is 0. The topological polar surface area (TPSA) is 89.0 Å². The van der Waals surface area contributed by atoms with Crippen LogP contribution in [-0.2, 0) is 17.9 Å². The minimum absolute atomic E-state index is 0. The smallest absolute Gasteiger partial charge is 0.156 e. The van der Waals surface area contributed by atoms with Crippen molar-refractivity contribution in [2.75, 3.05) is 45.8 Å². The van der Waals surface area contributed by atoms with Gasteiger partial charge in [0.05, 0.1) is 26.0 Å². The highest BCUT2D eigenvalue weighted by Crippen LogP contribution is 2.29. The molecule has 10 heteroatoms. The predicted molar refractivity (Wildman–Crippen MR) is 147 cm³/mol. The molecule has 0 saturated carbocycles. The quantitative estimate of drug-likeness (QED) is 0.345. The van der Waals surface area contributed by atoms with E-state index in [2.05, 4.69) is 32.5 Å². The molecular formula is C26H36Cl2N4O4. The first-order valence-corrected chi connectivity index (χ1v) is 11.8. The molecule has 0 bridgehead atoms. The predicted octanol–water partition coefficient (Wildman–Crippen LogP) is 4.47. The highest BCUT2D eigenvalue weighted by Gasteiger charge is 2.21. The molecule has 2 heterocycles. The Balaban J connectivity index is 0.00000228. The summed E-state index contributed by atoms with van der Waals surface area (Å²) in [6, 6.07) is 14.5. The van der Waals surface area contributed by atoms with Crippen LogP contribution in [0.2, 0.25) is 0 Å². The van der Waals surface area contributed by atoms with Gasteiger partial charge in [-0.1, -0.05) is 12.1 Å². The Labute approximate surface area is 225 Å². The van der Waals surface area contributed by atoms with Crippen molar-refractivity contribution >= 4 is 41.4 Å². The van der Waals surface area contributed by atoms with E-state index in [1.54, 1.807) is 14.2 Å². The molecule has 1 aliphatic rings. The van der Waals surface area contributed by atoms with Gasteiger partial charge in [0.2, 0.25) is 0 Å². The van der Waals surface area contributed by atoms with Gasteiger partial charge in [0.15, 0.2) is 5.82 Å². The summed E-state index contributed by atoms with van der Waals surface area (Å²) in [5.74, 6) is 2.45. The number of aliphatic hydroxyl groups is 1. The number of halogens is 2. The lowest BCUT2D eigenvalue weighted by Gasteiger charge is -2.32. The second-order valence-electron chi connectivity index (χ2n) is 8.61. The lowest BCUT2D eigenvalue weighted by atomic mass is 10.0. The molecule has 0 radical (unpaired) electrons. The van der Waals surface area contributed by atoms with Crippen molar-refractivity contribution in [2.24, 2.45) is 0 Å². The molecule has 1 saturated heterocycles. The Morgan fingerprint density at radius 1 is 1.00 bits per heavy atom. The molecule has 198 valence electrons. The van der Waals surface area contributed by atoms with Crippen molar-refractivity contribution in [1.29, 1.82) is 0 Å². The Bertz CT molecular complexity index is 1080. The van der Waals surface area contributed by atoms with E-state index in [1.807, 2.05) is 30.3 Å². The Morgan fingerprint density at radius 3 is 2.53 bits per heavy atom. The van der Waals surface area contributed by atoms with Gasteiger partial charge in [-0.15, -0.1) is 29.9 Å². The number of piperidine rings is 1. The number of ether oxygens (including phenoxy) is 3. The zero-order valence-electron chi connectivity index (χ0n) is 20.8. The fourth-order valence-corrected chi connectivity index (χ4v) is 4.34. The summed E-state index contributed by atoms with van der Waals surface area (Å²) in [6.45, 7) is 4.01. The number of hydrogen-bond acceptors (Lipinski definition) is 8. The zero-order chi connectivity index (χ0) is 23.8. The number of hydrogen-bond donors (Lipinski definition) is 2. The standard InChI is InChI=1S/C26H34N4O4.2ClH/c1-32-18-25-23-8-7-21(33-2)16-24(23)26(29-28-25)27-20-9-11-30(12-10-20)17-19-5-3-6-22(15-19)34-14-4-13-31;;/h3,5-8,15-16,20,31H,4,9-14,17-18H2,1-2H3,(H,27,29);2*1H. The van der Waals surface area contributed by atoms with Gasteiger partial charge >= 0.3 is 0 Å². The summed E-state index contributed by atoms with van der Waals surface area (Å²) < 4.78 is 16.5. The van der Waals surface area contributed by atoms with Crippen molar-refractivity contribution in [1.82, 2.24) is 15.1 Å². The van der Waals surface area contributed by atoms with Gasteiger partial charge in [0.25, 0.3) is 0 Å². The van der Waals surface area contributed by atoms with Crippen LogP contribution in [-0.4, -0.2) is 66.8 Å². The molecule has 2 N–H and O–H groups in total. The monoisotopic (exact) mass is 538 g/mol. The van der Waals surface area contributed by atoms with E-state index in [1.165, 1.54) is 5.56 Å². The van der Waals surface area contributed by atoms with Crippen molar-refractivity contribution in [3.8, 4) is 11.5 Å². The number of aromatic nitrogens is 2. The molecule has 3 aromatic rings. The van der Waals surface area contributed by atoms with E-state index in [-0.39, 0.29) is 31.4 Å². The molecule has 0 unspecified atom stereocenters. The van der Waals surface area contributed by atoms with Crippen LogP contribution in [0.4, 0.5) is 5.82 Å². The van der Waals surface area contributed by atoms with Gasteiger partial charge in [-0.25, -0.2) is 0 Å². The van der Waals surface area contributed by atoms with Gasteiger partial charge in [0.1, 0.15) is 11.5 Å². The molecule has 1 fully saturated rings. The second kappa shape index (κ2) is 15.0. The third kappa shape index (κ3) is 7.82. The minimum atomic E-state index is 0. The molecule has 8 nitrogen and oxygen atoms in total. The number of nitrogens with one attached hydrogen (secondary N) is 1. The normalized spacial score (nSPS) is 14.1. The fourth-order valence-electron chi connectivity index (χ4n) is 4.34. The minimum Gasteiger partial charge on any atom is -0.497 e. The number of nitrogens with zero attached hydrogens (tertiary/aromatic N) is 3. The highest BCUT2D eigenvalue weighted by atomic mass is 35.5. The number of benzene rings is 2. The third-order valence-electron chi connectivity index (χ3n) is 6.15. The summed E-state index contributed by atoms with van der Waals surface area (Å²) in [7, 11) is 3.34. The number of rotatable bonds is 11. The van der Waals surface area contributed by atoms with Crippen molar-refractivity contribution in [3.05, 3.63) is 53.7 Å². The van der Waals surface area contributed by atoms with Gasteiger partial charge < -0.3 is 24.6 Å². The first-order chi connectivity index (χ1) is 16.7. The molecule has 0 spiro atoms. The lowest BCUT2D eigenvalue weighted by molar-refractivity contribution is 0.182. The maximum absolute atomic E-state index is 8.93. The summed E-state index contributed by atoms with van der Waals surface area (Å²) in [5, 5.41) is 23.5. The number of aliphatic hydroxyl groups excluding tert-OH is 1. The first-order valence-electron chi connectivity index (χ1n) is 11.8. The summed E-state index contributed by atoms with van der Waals surface area (Å²) in [4.78, 5) is 2.47. The van der Waals surface area contributed by atoms with E-state index in [0.717, 1.165) is 66.3 Å². The molecule has 0 amide bonds. The fraction of sp³-hybridized carbons (Fsp3) is 0.462. The third-order valence-corrected chi connectivity index (χ3v) is 6.15. The molecule has 2 aromatic carbocycles. The van der Waals surface area contributed by atoms with E-state index < -0.39 is 0 Å². The molecule has 1 aliphatic heterocycles. The van der Waals surface area contributed by atoms with Crippen LogP contribution in [0.1, 0.15) is 30.5 Å². The molecule has 36 heavy (non-hydrogen) atoms. The Kier molecular flexibility index (Phi) is 12.5. The number of anilines is 1. The van der Waals surface area contributed by atoms with Crippen LogP contribution in [0.3, 0.4) is 0 Å². The zero-order valence-corrected chi connectivity index (χ0v) is 22.4. The van der Waals surface area contributed by atoms with Crippen LogP contribution >= 0.6 is 24.8 Å². The number of likely N-dealkylation sites (tertiary alicyclic amines) is 1. The van der Waals surface area contributed by atoms with E-state index in [4.69, 9.17) is 19.3 Å². The summed E-state index contributed by atoms with van der Waals surface area (Å²) in [6.07, 6.45) is 2.70. The van der Waals surface area contributed by atoms with Crippen molar-refractivity contribution < 1.29 is 19.3 Å². The number of fused-ring (bicyclic) bond motifs is 1. The van der Waals surface area contributed by atoms with Gasteiger partial charge in [-0.2, -0.15) is 5.10 Å².